The minimum atomic E-state index is -0.100. The molecule has 0 saturated heterocycles. The predicted molar refractivity (Wildman–Crippen MR) is 71.9 cm³/mol. The highest BCUT2D eigenvalue weighted by molar-refractivity contribution is 5.79. The van der Waals surface area contributed by atoms with E-state index in [1.54, 1.807) is 37.4 Å². The van der Waals surface area contributed by atoms with Gasteiger partial charge in [-0.2, -0.15) is 15.0 Å². The lowest BCUT2D eigenvalue weighted by molar-refractivity contribution is -0.126. The Bertz CT molecular complexity index is 580. The van der Waals surface area contributed by atoms with E-state index in [0.29, 0.717) is 5.95 Å². The fraction of sp³-hybridized carbons (Fsp3) is 0.300. The number of nitrogens with two attached hydrogens (primary N) is 1. The smallest absolute Gasteiger partial charge is 0.243 e. The third kappa shape index (κ3) is 3.17. The SMILES string of the molecule is CN(C)C(=O)CNc1nc(NN)nc(-n2ccnc2)n1. The van der Waals surface area contributed by atoms with Crippen LogP contribution in [-0.2, 0) is 4.79 Å². The van der Waals surface area contributed by atoms with Crippen molar-refractivity contribution in [3.63, 3.8) is 0 Å². The number of nitrogen functional groups attached to an aromatic ring is 1. The van der Waals surface area contributed by atoms with E-state index in [9.17, 15) is 4.79 Å². The minimum Gasteiger partial charge on any atom is -0.347 e. The summed E-state index contributed by atoms with van der Waals surface area (Å²) in [5.74, 6) is 5.98. The van der Waals surface area contributed by atoms with Crippen LogP contribution in [0.15, 0.2) is 18.7 Å². The average Bonchev–Trinajstić information content (AvgIpc) is 2.98. The first-order chi connectivity index (χ1) is 9.60. The Hall–Kier alpha value is -2.75. The van der Waals surface area contributed by atoms with E-state index in [-0.39, 0.29) is 24.3 Å². The molecule has 0 aromatic carbocycles. The van der Waals surface area contributed by atoms with Crippen molar-refractivity contribution in [2.75, 3.05) is 31.4 Å². The molecule has 0 spiro atoms. The monoisotopic (exact) mass is 277 g/mol. The van der Waals surface area contributed by atoms with Gasteiger partial charge in [-0.1, -0.05) is 0 Å². The summed E-state index contributed by atoms with van der Waals surface area (Å²) >= 11 is 0. The van der Waals surface area contributed by atoms with Crippen molar-refractivity contribution in [3.05, 3.63) is 18.7 Å². The molecule has 0 aliphatic carbocycles. The molecule has 4 N–H and O–H groups in total. The van der Waals surface area contributed by atoms with Gasteiger partial charge in [-0.25, -0.2) is 10.8 Å². The van der Waals surface area contributed by atoms with Gasteiger partial charge in [-0.3, -0.25) is 14.8 Å². The number of nitrogens with zero attached hydrogens (tertiary/aromatic N) is 6. The third-order valence-corrected chi connectivity index (χ3v) is 2.38. The van der Waals surface area contributed by atoms with E-state index in [1.165, 1.54) is 4.90 Å². The average molecular weight is 277 g/mol. The van der Waals surface area contributed by atoms with Crippen molar-refractivity contribution < 1.29 is 4.79 Å². The summed E-state index contributed by atoms with van der Waals surface area (Å²) in [6.45, 7) is 0.0738. The van der Waals surface area contributed by atoms with Crippen LogP contribution >= 0.6 is 0 Å². The van der Waals surface area contributed by atoms with Crippen molar-refractivity contribution in [3.8, 4) is 5.95 Å². The highest BCUT2D eigenvalue weighted by atomic mass is 16.2. The maximum Gasteiger partial charge on any atom is 0.243 e. The van der Waals surface area contributed by atoms with E-state index < -0.39 is 0 Å². The van der Waals surface area contributed by atoms with E-state index in [4.69, 9.17) is 5.84 Å². The standard InChI is InChI=1S/C10H15N9O/c1-18(2)7(20)5-13-8-14-9(17-11)16-10(15-8)19-4-3-12-6-19/h3-4,6H,5,11H2,1-2H3,(H2,13,14,15,16,17). The second-order valence-electron chi connectivity index (χ2n) is 4.04. The van der Waals surface area contributed by atoms with Gasteiger partial charge in [0, 0.05) is 26.5 Å². The molecule has 0 aliphatic heterocycles. The number of likely N-dealkylation sites (N-methyl/N-ethyl adjacent to an activating group) is 1. The lowest BCUT2D eigenvalue weighted by atomic mass is 10.5. The fourth-order valence-corrected chi connectivity index (χ4v) is 1.31. The van der Waals surface area contributed by atoms with Gasteiger partial charge in [0.25, 0.3) is 0 Å². The lowest BCUT2D eigenvalue weighted by Gasteiger charge is -2.11. The number of hydrazine groups is 1. The van der Waals surface area contributed by atoms with Gasteiger partial charge in [-0.05, 0) is 0 Å². The number of imidazole rings is 1. The predicted octanol–water partition coefficient (Wildman–Crippen LogP) is -1.16. The van der Waals surface area contributed by atoms with Crippen molar-refractivity contribution in [2.45, 2.75) is 0 Å². The van der Waals surface area contributed by atoms with Crippen molar-refractivity contribution in [1.29, 1.82) is 0 Å². The molecule has 20 heavy (non-hydrogen) atoms. The van der Waals surface area contributed by atoms with Gasteiger partial charge in [0.1, 0.15) is 6.33 Å². The molecule has 0 atom stereocenters. The van der Waals surface area contributed by atoms with E-state index in [1.807, 2.05) is 0 Å². The van der Waals surface area contributed by atoms with Gasteiger partial charge in [-0.15, -0.1) is 0 Å². The topological polar surface area (TPSA) is 127 Å². The van der Waals surface area contributed by atoms with Crippen molar-refractivity contribution in [2.24, 2.45) is 5.84 Å². The summed E-state index contributed by atoms with van der Waals surface area (Å²) in [7, 11) is 3.34. The number of nitrogens with one attached hydrogen (secondary N) is 2. The number of anilines is 2. The van der Waals surface area contributed by atoms with Gasteiger partial charge < -0.3 is 10.2 Å². The molecular weight excluding hydrogens is 262 g/mol. The van der Waals surface area contributed by atoms with Crippen LogP contribution in [0.5, 0.6) is 0 Å². The number of rotatable bonds is 5. The summed E-state index contributed by atoms with van der Waals surface area (Å²) in [6.07, 6.45) is 4.83. The van der Waals surface area contributed by atoms with Crippen LogP contribution in [0.3, 0.4) is 0 Å². The summed E-state index contributed by atoms with van der Waals surface area (Å²) in [5, 5.41) is 2.82. The Labute approximate surface area is 115 Å². The largest absolute Gasteiger partial charge is 0.347 e. The number of hydrogen-bond donors (Lipinski definition) is 3. The van der Waals surface area contributed by atoms with Crippen LogP contribution in [0, 0.1) is 0 Å². The summed E-state index contributed by atoms with van der Waals surface area (Å²) in [5.41, 5.74) is 2.35. The second kappa shape index (κ2) is 5.93. The van der Waals surface area contributed by atoms with Crippen LogP contribution in [0.4, 0.5) is 11.9 Å². The van der Waals surface area contributed by atoms with Gasteiger partial charge >= 0.3 is 0 Å². The molecule has 2 heterocycles. The Kier molecular flexibility index (Phi) is 4.05. The Morgan fingerprint density at radius 3 is 2.70 bits per heavy atom. The number of amides is 1. The number of aromatic nitrogens is 5. The van der Waals surface area contributed by atoms with E-state index >= 15 is 0 Å². The Morgan fingerprint density at radius 1 is 1.35 bits per heavy atom. The third-order valence-electron chi connectivity index (χ3n) is 2.38. The van der Waals surface area contributed by atoms with Gasteiger partial charge in [0.15, 0.2) is 0 Å². The van der Waals surface area contributed by atoms with Crippen LogP contribution in [0.25, 0.3) is 5.95 Å². The van der Waals surface area contributed by atoms with Gasteiger partial charge in [0.2, 0.25) is 23.8 Å². The second-order valence-corrected chi connectivity index (χ2v) is 4.04. The summed E-state index contributed by atoms with van der Waals surface area (Å²) in [6, 6.07) is 0. The van der Waals surface area contributed by atoms with Crippen LogP contribution in [-0.4, -0.2) is 56.0 Å². The molecule has 2 aromatic heterocycles. The van der Waals surface area contributed by atoms with Crippen molar-refractivity contribution >= 4 is 17.8 Å². The highest BCUT2D eigenvalue weighted by Crippen LogP contribution is 2.08. The van der Waals surface area contributed by atoms with Crippen molar-refractivity contribution in [1.82, 2.24) is 29.4 Å². The van der Waals surface area contributed by atoms with E-state index in [2.05, 4.69) is 30.7 Å². The van der Waals surface area contributed by atoms with Crippen LogP contribution in [0.1, 0.15) is 0 Å². The molecular formula is C10H15N9O. The molecule has 0 fully saturated rings. The minimum absolute atomic E-state index is 0.0738. The van der Waals surface area contributed by atoms with E-state index in [0.717, 1.165) is 0 Å². The first-order valence-corrected chi connectivity index (χ1v) is 5.75. The number of hydrogen-bond acceptors (Lipinski definition) is 8. The maximum atomic E-state index is 11.5. The van der Waals surface area contributed by atoms with Crippen LogP contribution in [0.2, 0.25) is 0 Å². The molecule has 0 bridgehead atoms. The van der Waals surface area contributed by atoms with Crippen LogP contribution < -0.4 is 16.6 Å². The quantitative estimate of drug-likeness (QED) is 0.461. The molecule has 1 amide bonds. The molecule has 2 aromatic rings. The first kappa shape index (κ1) is 13.7. The molecule has 10 heteroatoms. The molecule has 0 radical (unpaired) electrons. The molecule has 0 saturated carbocycles. The molecule has 0 unspecified atom stereocenters. The Balaban J connectivity index is 2.20. The van der Waals surface area contributed by atoms with Gasteiger partial charge in [0.05, 0.1) is 6.54 Å². The fourth-order valence-electron chi connectivity index (χ4n) is 1.31. The number of carbonyl (C=O) groups is 1. The zero-order valence-corrected chi connectivity index (χ0v) is 11.1. The lowest BCUT2D eigenvalue weighted by Crippen LogP contribution is -2.29. The molecule has 2 rings (SSSR count). The number of carbonyl (C=O) groups excluding carboxylic acids is 1. The Morgan fingerprint density at radius 2 is 2.10 bits per heavy atom. The summed E-state index contributed by atoms with van der Waals surface area (Å²) in [4.78, 5) is 29.2. The highest BCUT2D eigenvalue weighted by Gasteiger charge is 2.09. The molecule has 0 aliphatic rings. The zero-order valence-electron chi connectivity index (χ0n) is 11.1. The molecule has 106 valence electrons. The first-order valence-electron chi connectivity index (χ1n) is 5.75. The normalized spacial score (nSPS) is 10.2. The summed E-state index contributed by atoms with van der Waals surface area (Å²) < 4.78 is 1.60. The zero-order chi connectivity index (χ0) is 14.5. The molecule has 10 nitrogen and oxygen atoms in total. The maximum absolute atomic E-state index is 11.5.